The highest BCUT2D eigenvalue weighted by Crippen LogP contribution is 2.38. The molecule has 0 bridgehead atoms. The van der Waals surface area contributed by atoms with E-state index in [4.69, 9.17) is 0 Å². The number of aromatic nitrogens is 1. The van der Waals surface area contributed by atoms with Crippen molar-refractivity contribution < 1.29 is 9.90 Å². The number of nitrogens with zero attached hydrogens (tertiary/aromatic N) is 1. The Labute approximate surface area is 138 Å². The molecule has 0 aromatic carbocycles. The maximum Gasteiger partial charge on any atom is 0.263 e. The van der Waals surface area contributed by atoms with E-state index < -0.39 is 0 Å². The van der Waals surface area contributed by atoms with Gasteiger partial charge in [0.25, 0.3) is 5.91 Å². The number of aliphatic hydroxyl groups excluding tert-OH is 1. The molecular weight excluding hydrogens is 316 g/mol. The minimum atomic E-state index is -0.204. The normalized spacial score (nSPS) is 24.6. The van der Waals surface area contributed by atoms with E-state index in [2.05, 4.69) is 10.3 Å². The smallest absolute Gasteiger partial charge is 0.263 e. The monoisotopic (exact) mass is 336 g/mol. The van der Waals surface area contributed by atoms with Crippen LogP contribution in [-0.4, -0.2) is 28.6 Å². The van der Waals surface area contributed by atoms with Gasteiger partial charge in [0, 0.05) is 11.5 Å². The number of aliphatic hydroxyl groups is 1. The third-order valence-corrected chi connectivity index (χ3v) is 6.68. The molecule has 1 aliphatic rings. The Kier molecular flexibility index (Phi) is 4.34. The Morgan fingerprint density at radius 2 is 2.41 bits per heavy atom. The van der Waals surface area contributed by atoms with Crippen molar-refractivity contribution in [2.45, 2.75) is 39.2 Å². The van der Waals surface area contributed by atoms with Crippen molar-refractivity contribution in [3.05, 3.63) is 28.1 Å². The maximum absolute atomic E-state index is 12.6. The topological polar surface area (TPSA) is 62.2 Å². The first-order valence-electron chi connectivity index (χ1n) is 7.46. The molecule has 22 heavy (non-hydrogen) atoms. The van der Waals surface area contributed by atoms with Crippen molar-refractivity contribution in [2.24, 2.45) is 5.41 Å². The largest absolute Gasteiger partial charge is 0.396 e. The number of thiophene rings is 1. The van der Waals surface area contributed by atoms with E-state index in [9.17, 15) is 9.90 Å². The molecular formula is C16H20N2O2S2. The molecule has 1 amide bonds. The third kappa shape index (κ3) is 2.83. The van der Waals surface area contributed by atoms with Crippen LogP contribution in [0.2, 0.25) is 0 Å². The number of carbonyl (C=O) groups is 1. The first kappa shape index (κ1) is 15.6. The lowest BCUT2D eigenvalue weighted by Gasteiger charge is -2.29. The Balaban J connectivity index is 1.78. The zero-order chi connectivity index (χ0) is 15.7. The zero-order valence-corrected chi connectivity index (χ0v) is 14.4. The predicted molar refractivity (Wildman–Crippen MR) is 90.5 cm³/mol. The summed E-state index contributed by atoms with van der Waals surface area (Å²) in [5.74, 6) is -0.0654. The van der Waals surface area contributed by atoms with E-state index in [0.29, 0.717) is 4.88 Å². The van der Waals surface area contributed by atoms with Gasteiger partial charge in [-0.2, -0.15) is 0 Å². The van der Waals surface area contributed by atoms with E-state index >= 15 is 0 Å². The Morgan fingerprint density at radius 3 is 3.09 bits per heavy atom. The van der Waals surface area contributed by atoms with E-state index in [0.717, 1.165) is 34.8 Å². The number of rotatable bonds is 4. The molecule has 1 fully saturated rings. The number of amides is 1. The summed E-state index contributed by atoms with van der Waals surface area (Å²) >= 11 is 3.07. The number of nitrogens with one attached hydrogen (secondary N) is 1. The maximum atomic E-state index is 12.6. The average Bonchev–Trinajstić information content (AvgIpc) is 3.20. The third-order valence-electron chi connectivity index (χ3n) is 4.48. The van der Waals surface area contributed by atoms with Gasteiger partial charge in [-0.1, -0.05) is 19.4 Å². The van der Waals surface area contributed by atoms with Crippen LogP contribution in [0.4, 0.5) is 0 Å². The lowest BCUT2D eigenvalue weighted by atomic mass is 9.86. The van der Waals surface area contributed by atoms with Gasteiger partial charge in [0.1, 0.15) is 9.88 Å². The molecule has 0 aliphatic heterocycles. The van der Waals surface area contributed by atoms with Crippen LogP contribution in [0.5, 0.6) is 0 Å². The predicted octanol–water partition coefficient (Wildman–Crippen LogP) is 3.46. The average molecular weight is 336 g/mol. The van der Waals surface area contributed by atoms with E-state index in [1.807, 2.05) is 31.4 Å². The quantitative estimate of drug-likeness (QED) is 0.899. The standard InChI is InChI=1S/C16H20N2O2S2/c1-10-13(22-15(17-10)11-5-4-8-21-11)14(20)18-12-6-3-7-16(12,2)9-19/h4-5,8,12,19H,3,6-7,9H2,1-2H3,(H,18,20). The van der Waals surface area contributed by atoms with Crippen LogP contribution in [0.15, 0.2) is 17.5 Å². The second kappa shape index (κ2) is 6.10. The van der Waals surface area contributed by atoms with Crippen molar-refractivity contribution in [1.29, 1.82) is 0 Å². The highest BCUT2D eigenvalue weighted by Gasteiger charge is 2.39. The first-order chi connectivity index (χ1) is 10.5. The molecule has 2 unspecified atom stereocenters. The summed E-state index contributed by atoms with van der Waals surface area (Å²) in [6, 6.07) is 4.04. The fourth-order valence-electron chi connectivity index (χ4n) is 3.00. The van der Waals surface area contributed by atoms with E-state index in [-0.39, 0.29) is 24.0 Å². The summed E-state index contributed by atoms with van der Waals surface area (Å²) < 4.78 is 0. The van der Waals surface area contributed by atoms with Gasteiger partial charge in [-0.25, -0.2) is 4.98 Å². The Bertz CT molecular complexity index is 666. The van der Waals surface area contributed by atoms with E-state index in [1.54, 1.807) is 11.3 Å². The number of aryl methyl sites for hydroxylation is 1. The molecule has 0 saturated heterocycles. The number of hydrogen-bond donors (Lipinski definition) is 2. The fourth-order valence-corrected chi connectivity index (χ4v) is 4.77. The minimum absolute atomic E-state index is 0.0386. The van der Waals surface area contributed by atoms with Crippen LogP contribution >= 0.6 is 22.7 Å². The molecule has 2 aromatic rings. The number of thiazole rings is 1. The highest BCUT2D eigenvalue weighted by atomic mass is 32.1. The van der Waals surface area contributed by atoms with Crippen LogP contribution in [-0.2, 0) is 0 Å². The van der Waals surface area contributed by atoms with Crippen LogP contribution in [0.25, 0.3) is 9.88 Å². The van der Waals surface area contributed by atoms with Gasteiger partial charge in [0.2, 0.25) is 0 Å². The molecule has 0 spiro atoms. The minimum Gasteiger partial charge on any atom is -0.396 e. The first-order valence-corrected chi connectivity index (χ1v) is 9.16. The van der Waals surface area contributed by atoms with Gasteiger partial charge in [-0.15, -0.1) is 22.7 Å². The molecule has 1 saturated carbocycles. The molecule has 2 heterocycles. The van der Waals surface area contributed by atoms with Gasteiger partial charge in [-0.3, -0.25) is 4.79 Å². The summed E-state index contributed by atoms with van der Waals surface area (Å²) in [6.45, 7) is 4.03. The fraction of sp³-hybridized carbons (Fsp3) is 0.500. The number of carbonyl (C=O) groups excluding carboxylic acids is 1. The SMILES string of the molecule is Cc1nc(-c2cccs2)sc1C(=O)NC1CCCC1(C)CO. The summed E-state index contributed by atoms with van der Waals surface area (Å²) in [4.78, 5) is 18.9. The van der Waals surface area contributed by atoms with Crippen molar-refractivity contribution >= 4 is 28.6 Å². The van der Waals surface area contributed by atoms with Crippen LogP contribution in [0.3, 0.4) is 0 Å². The van der Waals surface area contributed by atoms with Gasteiger partial charge < -0.3 is 10.4 Å². The lowest BCUT2D eigenvalue weighted by molar-refractivity contribution is 0.0833. The molecule has 2 atom stereocenters. The summed E-state index contributed by atoms with van der Waals surface area (Å²) in [6.07, 6.45) is 2.93. The second-order valence-electron chi connectivity index (χ2n) is 6.14. The van der Waals surface area contributed by atoms with Gasteiger partial charge in [-0.05, 0) is 31.2 Å². The lowest BCUT2D eigenvalue weighted by Crippen LogP contribution is -2.44. The van der Waals surface area contributed by atoms with E-state index in [1.165, 1.54) is 11.3 Å². The molecule has 2 N–H and O–H groups in total. The van der Waals surface area contributed by atoms with Gasteiger partial charge in [0.15, 0.2) is 0 Å². The van der Waals surface area contributed by atoms with Crippen molar-refractivity contribution in [3.63, 3.8) is 0 Å². The molecule has 4 nitrogen and oxygen atoms in total. The van der Waals surface area contributed by atoms with Gasteiger partial charge >= 0.3 is 0 Å². The summed E-state index contributed by atoms with van der Waals surface area (Å²) in [5.41, 5.74) is 0.569. The zero-order valence-electron chi connectivity index (χ0n) is 12.8. The summed E-state index contributed by atoms with van der Waals surface area (Å²) in [5, 5.41) is 15.6. The van der Waals surface area contributed by atoms with Gasteiger partial charge in [0.05, 0.1) is 17.2 Å². The number of hydrogen-bond acceptors (Lipinski definition) is 5. The second-order valence-corrected chi connectivity index (χ2v) is 8.09. The molecule has 118 valence electrons. The Hall–Kier alpha value is -1.24. The van der Waals surface area contributed by atoms with Crippen molar-refractivity contribution in [3.8, 4) is 9.88 Å². The highest BCUT2D eigenvalue weighted by molar-refractivity contribution is 7.22. The van der Waals surface area contributed by atoms with Crippen LogP contribution < -0.4 is 5.32 Å². The molecule has 1 aliphatic carbocycles. The summed E-state index contributed by atoms with van der Waals surface area (Å²) in [7, 11) is 0. The van der Waals surface area contributed by atoms with Crippen LogP contribution in [0.1, 0.15) is 41.6 Å². The van der Waals surface area contributed by atoms with Crippen LogP contribution in [0, 0.1) is 12.3 Å². The molecule has 2 aromatic heterocycles. The Morgan fingerprint density at radius 1 is 1.59 bits per heavy atom. The molecule has 6 heteroatoms. The molecule has 0 radical (unpaired) electrons. The molecule has 3 rings (SSSR count). The van der Waals surface area contributed by atoms with Crippen molar-refractivity contribution in [1.82, 2.24) is 10.3 Å². The van der Waals surface area contributed by atoms with Crippen molar-refractivity contribution in [2.75, 3.05) is 6.61 Å².